The Labute approximate surface area is 829 Å². The van der Waals surface area contributed by atoms with Crippen LogP contribution in [0.5, 0.6) is 0 Å². The van der Waals surface area contributed by atoms with Gasteiger partial charge in [-0.2, -0.15) is 0 Å². The lowest BCUT2D eigenvalue weighted by Gasteiger charge is -2.16. The van der Waals surface area contributed by atoms with Crippen molar-refractivity contribution in [2.45, 2.75) is 361 Å². The van der Waals surface area contributed by atoms with Gasteiger partial charge in [-0.15, -0.1) is 12.4 Å². The van der Waals surface area contributed by atoms with Gasteiger partial charge in [-0.05, 0) is 116 Å². The number of rotatable bonds is 50. The van der Waals surface area contributed by atoms with Gasteiger partial charge in [0.1, 0.15) is 0 Å². The standard InChI is InChI=1S/2C18H35NO3.C12H16NO6P.C12H27N.3C10H14.C6H8NO3P.2C6H8O3.ClH/c2*1-4-5-6-7-8-9-10-11-12-13-14-19-17(20)15(2)16(3)18(21)22;1-7(8(2)12(15)16)11(14)13-9-4-3-5-10(6-9)20(17,18)19;1-2-3-4-5-6-7-8-9-10-11-12-13;3*1-3-9(2)10-7-5-4-6-8-10;7-5-2-1-3-6(4-5)11(8,9)10;2*1-3-4(2)6(8)9-5(3)7;/h2*15-16H,4-14H2,1-3H3,(H,19,20)(H,21,22);3-8H,1-2H3,(H,13,14)(H,15,16)(H2,17,18,19);2-13H2,1H3;3*4-9H,3H2,1-2H3;1-4H,7H2,(H2,8,9,10);2*3-4H,1-2H3;1H/t2*15-,16-;7-,8-;;3*9-;;2*3-,4+;/m111.111..../s1. The first-order chi connectivity index (χ1) is 64.3. The van der Waals surface area contributed by atoms with Crippen LogP contribution >= 0.6 is 27.6 Å². The molecule has 7 rings (SSSR count). The van der Waals surface area contributed by atoms with Crippen LogP contribution in [0.3, 0.4) is 0 Å². The van der Waals surface area contributed by atoms with Crippen molar-refractivity contribution in [1.29, 1.82) is 0 Å². The molecule has 29 heteroatoms. The minimum absolute atomic E-state index is 0. The van der Waals surface area contributed by atoms with E-state index in [0.717, 1.165) is 38.3 Å². The Morgan fingerprint density at radius 3 is 0.796 bits per heavy atom. The summed E-state index contributed by atoms with van der Waals surface area (Å²) in [7, 11) is -8.52. The highest BCUT2D eigenvalue weighted by Gasteiger charge is 2.39. The molecule has 3 amide bonds. The zero-order chi connectivity index (χ0) is 104. The van der Waals surface area contributed by atoms with E-state index in [1.807, 2.05) is 0 Å². The van der Waals surface area contributed by atoms with Crippen molar-refractivity contribution in [2.24, 2.45) is 64.9 Å². The predicted octanol–water partition coefficient (Wildman–Crippen LogP) is 24.2. The SMILES string of the molecule is CCCCCCCCCCCCN.CCCCCCCCCCCCNC(=O)[C@H](C)[C@@H](C)C(=O)O.CCCCCCCCCCCCNC(=O)[C@H](C)[C@@H](C)C(=O)O.CC[C@@H](C)c1ccccc1.CC[C@@H](C)c1ccccc1.CC[C@@H](C)c1ccccc1.C[C@@H](C(=O)O)[C@@H](C)C(=O)Nc1cccc(P(=O)(O)O)c1.C[C@@H]1C(=O)OC(=O)[C@@H]1C.C[C@@H]1C(=O)OC(=O)[C@@H]1C.Cl.Nc1cccc(P(=O)(O)O)c1. The van der Waals surface area contributed by atoms with Crippen molar-refractivity contribution in [2.75, 3.05) is 30.7 Å². The van der Waals surface area contributed by atoms with E-state index < -0.39 is 98.4 Å². The van der Waals surface area contributed by atoms with Crippen LogP contribution in [-0.2, 0) is 66.5 Å². The largest absolute Gasteiger partial charge is 0.481 e. The Morgan fingerprint density at radius 1 is 0.336 bits per heavy atom. The number of carbonyl (C=O) groups is 10. The summed E-state index contributed by atoms with van der Waals surface area (Å²) in [5.74, 6) is -8.04. The second-order valence-corrected chi connectivity index (χ2v) is 39.4. The van der Waals surface area contributed by atoms with Gasteiger partial charge >= 0.3 is 57.0 Å². The van der Waals surface area contributed by atoms with Crippen LogP contribution in [0.2, 0.25) is 0 Å². The normalized spacial score (nSPS) is 15.8. The predicted molar refractivity (Wildman–Crippen MR) is 559 cm³/mol. The zero-order valence-corrected chi connectivity index (χ0v) is 89.1. The van der Waals surface area contributed by atoms with Gasteiger partial charge in [0.05, 0.1) is 52.0 Å². The maximum Gasteiger partial charge on any atom is 0.356 e. The third kappa shape index (κ3) is 66.8. The van der Waals surface area contributed by atoms with E-state index in [-0.39, 0.29) is 64.2 Å². The quantitative estimate of drug-likeness (QED) is 0.00565. The number of carboxylic acids is 3. The minimum Gasteiger partial charge on any atom is -0.481 e. The molecule has 0 radical (unpaired) electrons. The molecule has 2 aliphatic heterocycles. The number of nitrogens with one attached hydrogen (secondary N) is 3. The number of nitrogen functional groups attached to an aromatic ring is 1. The third-order valence-electron chi connectivity index (χ3n) is 24.9. The Morgan fingerprint density at radius 2 is 0.577 bits per heavy atom. The molecule has 2 saturated heterocycles. The number of carboxylic acid groups (broad SMARTS) is 3. The van der Waals surface area contributed by atoms with Gasteiger partial charge in [0.2, 0.25) is 17.7 Å². The maximum atomic E-state index is 11.9. The summed E-state index contributed by atoms with van der Waals surface area (Å²) in [6.07, 6.45) is 43.0. The topological polar surface area (TPSA) is 453 Å². The molecular weight excluding hydrogens is 1800 g/mol. The second-order valence-electron chi connectivity index (χ2n) is 36.2. The first-order valence-electron chi connectivity index (χ1n) is 50.3. The van der Waals surface area contributed by atoms with Gasteiger partial charge < -0.3 is 71.8 Å². The highest BCUT2D eigenvalue weighted by Crippen LogP contribution is 2.35. The molecule has 14 N–H and O–H groups in total. The van der Waals surface area contributed by atoms with Crippen LogP contribution in [0.15, 0.2) is 140 Å². The number of benzene rings is 5. The Balaban J connectivity index is -0.000000730. The van der Waals surface area contributed by atoms with Crippen molar-refractivity contribution in [1.82, 2.24) is 10.6 Å². The van der Waals surface area contributed by atoms with Gasteiger partial charge in [-0.25, -0.2) is 0 Å². The van der Waals surface area contributed by atoms with Gasteiger partial charge in [0, 0.05) is 42.2 Å². The number of unbranched alkanes of at least 4 members (excludes halogenated alkanes) is 27. The summed E-state index contributed by atoms with van der Waals surface area (Å²) in [5, 5.41) is 34.5. The number of cyclic esters (lactones) is 4. The average Bonchev–Trinajstić information content (AvgIpc) is 1.71. The highest BCUT2D eigenvalue weighted by atomic mass is 35.5. The second kappa shape index (κ2) is 82.3. The molecular formula is C108H180ClN5O21P2. The number of hydrogen-bond acceptors (Lipinski definition) is 16. The highest BCUT2D eigenvalue weighted by molar-refractivity contribution is 7.60. The molecule has 780 valence electrons. The lowest BCUT2D eigenvalue weighted by atomic mass is 9.95. The molecule has 137 heavy (non-hydrogen) atoms. The fraction of sp³-hybridized carbons (Fsp3) is 0.630. The van der Waals surface area contributed by atoms with Crippen LogP contribution < -0.4 is 38.0 Å². The van der Waals surface area contributed by atoms with E-state index in [1.165, 1.54) is 253 Å². The molecule has 0 saturated carbocycles. The smallest absolute Gasteiger partial charge is 0.356 e. The van der Waals surface area contributed by atoms with E-state index in [0.29, 0.717) is 36.5 Å². The molecule has 2 heterocycles. The first kappa shape index (κ1) is 135. The van der Waals surface area contributed by atoms with Crippen LogP contribution in [0.25, 0.3) is 0 Å². The van der Waals surface area contributed by atoms with Crippen LogP contribution in [0, 0.1) is 59.2 Å². The van der Waals surface area contributed by atoms with Crippen molar-refractivity contribution in [3.63, 3.8) is 0 Å². The lowest BCUT2D eigenvalue weighted by Crippen LogP contribution is -2.35. The number of hydrogen-bond donors (Lipinski definition) is 12. The fourth-order valence-corrected chi connectivity index (χ4v) is 14.3. The molecule has 13 atom stereocenters. The van der Waals surface area contributed by atoms with E-state index in [4.69, 9.17) is 46.4 Å². The Bertz CT molecular complexity index is 3870. The Kier molecular flexibility index (Phi) is 81.0. The minimum atomic E-state index is -4.39. The molecule has 2 aliphatic rings. The molecule has 5 aromatic carbocycles. The van der Waals surface area contributed by atoms with Crippen molar-refractivity contribution in [3.8, 4) is 0 Å². The number of amides is 3. The maximum absolute atomic E-state index is 11.9. The van der Waals surface area contributed by atoms with Crippen molar-refractivity contribution >= 4 is 109 Å². The summed E-state index contributed by atoms with van der Waals surface area (Å²) in [4.78, 5) is 145. The fourth-order valence-electron chi connectivity index (χ4n) is 13.1. The van der Waals surface area contributed by atoms with E-state index >= 15 is 0 Å². The first-order valence-corrected chi connectivity index (χ1v) is 53.5. The number of aliphatic carboxylic acids is 3. The Hall–Kier alpha value is -8.45. The van der Waals surface area contributed by atoms with Crippen molar-refractivity contribution < 1.29 is 101 Å². The molecule has 26 nitrogen and oxygen atoms in total. The number of anilines is 2. The summed E-state index contributed by atoms with van der Waals surface area (Å²) in [6.45, 7) is 38.5. The molecule has 0 aromatic heterocycles. The summed E-state index contributed by atoms with van der Waals surface area (Å²) in [5.41, 5.74) is 15.6. The number of ether oxygens (including phenoxy) is 2. The van der Waals surface area contributed by atoms with E-state index in [2.05, 4.69) is 179 Å². The number of nitrogens with two attached hydrogens (primary N) is 2. The van der Waals surface area contributed by atoms with Crippen LogP contribution in [-0.4, -0.2) is 114 Å². The van der Waals surface area contributed by atoms with Gasteiger partial charge in [-0.1, -0.05) is 408 Å². The average molecular weight is 1980 g/mol. The molecule has 2 fully saturated rings. The lowest BCUT2D eigenvalue weighted by molar-refractivity contribution is -0.155. The number of carbonyl (C=O) groups excluding carboxylic acids is 7. The molecule has 0 bridgehead atoms. The van der Waals surface area contributed by atoms with Gasteiger partial charge in [-0.3, -0.25) is 57.1 Å². The molecule has 0 unspecified atom stereocenters. The summed E-state index contributed by atoms with van der Waals surface area (Å²) in [6, 6.07) is 42.9. The van der Waals surface area contributed by atoms with Gasteiger partial charge in [0.15, 0.2) is 0 Å². The summed E-state index contributed by atoms with van der Waals surface area (Å²) < 4.78 is 30.3. The van der Waals surface area contributed by atoms with Crippen LogP contribution in [0.4, 0.5) is 11.4 Å². The monoisotopic (exact) mass is 1980 g/mol. The molecule has 0 spiro atoms. The summed E-state index contributed by atoms with van der Waals surface area (Å²) >= 11 is 0. The molecule has 0 aliphatic carbocycles. The molecule has 5 aromatic rings. The number of halogens is 1. The third-order valence-corrected chi connectivity index (χ3v) is 26.8. The van der Waals surface area contributed by atoms with E-state index in [1.54, 1.807) is 61.5 Å². The van der Waals surface area contributed by atoms with Crippen LogP contribution in [0.1, 0.15) is 378 Å². The van der Waals surface area contributed by atoms with Gasteiger partial charge in [0.25, 0.3) is 0 Å². The zero-order valence-electron chi connectivity index (χ0n) is 86.5. The number of esters is 4. The van der Waals surface area contributed by atoms with E-state index in [9.17, 15) is 57.1 Å². The van der Waals surface area contributed by atoms with Crippen molar-refractivity contribution in [3.05, 3.63) is 156 Å².